The van der Waals surface area contributed by atoms with E-state index in [2.05, 4.69) is 69.3 Å². The molecule has 2 rings (SSSR count). The van der Waals surface area contributed by atoms with E-state index in [0.717, 1.165) is 6.54 Å². The Hall–Kier alpha value is -0.860. The van der Waals surface area contributed by atoms with Gasteiger partial charge < -0.3 is 5.32 Å². The second-order valence-corrected chi connectivity index (χ2v) is 6.91. The lowest BCUT2D eigenvalue weighted by molar-refractivity contribution is 0.172. The van der Waals surface area contributed by atoms with Gasteiger partial charge in [0.1, 0.15) is 0 Å². The summed E-state index contributed by atoms with van der Waals surface area (Å²) in [5.74, 6) is 0. The van der Waals surface area contributed by atoms with Crippen molar-refractivity contribution in [3.8, 4) is 0 Å². The maximum atomic E-state index is 3.38. The van der Waals surface area contributed by atoms with E-state index >= 15 is 0 Å². The zero-order chi connectivity index (χ0) is 14.1. The van der Waals surface area contributed by atoms with E-state index in [1.165, 1.54) is 30.5 Å². The van der Waals surface area contributed by atoms with Crippen LogP contribution in [0, 0.1) is 0 Å². The molecule has 0 spiro atoms. The van der Waals surface area contributed by atoms with Crippen LogP contribution in [-0.4, -0.2) is 32.1 Å². The summed E-state index contributed by atoms with van der Waals surface area (Å²) in [6, 6.07) is 9.28. The molecule has 1 aromatic carbocycles. The van der Waals surface area contributed by atoms with Crippen LogP contribution in [0.25, 0.3) is 0 Å². The van der Waals surface area contributed by atoms with Crippen LogP contribution < -0.4 is 5.32 Å². The molecule has 19 heavy (non-hydrogen) atoms. The molecule has 0 saturated carbocycles. The van der Waals surface area contributed by atoms with Crippen molar-refractivity contribution >= 4 is 0 Å². The minimum Gasteiger partial charge on any atom is -0.318 e. The fourth-order valence-electron chi connectivity index (χ4n) is 3.28. The van der Waals surface area contributed by atoms with Crippen molar-refractivity contribution in [2.75, 3.05) is 27.2 Å². The predicted molar refractivity (Wildman–Crippen MR) is 82.6 cm³/mol. The van der Waals surface area contributed by atoms with Gasteiger partial charge in [-0.2, -0.15) is 0 Å². The number of hydrogen-bond donors (Lipinski definition) is 1. The average Bonchev–Trinajstić information content (AvgIpc) is 2.72. The Morgan fingerprint density at radius 3 is 2.26 bits per heavy atom. The Morgan fingerprint density at radius 2 is 1.84 bits per heavy atom. The fraction of sp³-hybridized carbons (Fsp3) is 0.647. The number of nitrogens with zero attached hydrogens (tertiary/aromatic N) is 1. The molecule has 1 unspecified atom stereocenters. The molecule has 1 saturated heterocycles. The van der Waals surface area contributed by atoms with E-state index in [0.29, 0.717) is 0 Å². The Morgan fingerprint density at radius 1 is 1.21 bits per heavy atom. The first-order valence-electron chi connectivity index (χ1n) is 7.37. The van der Waals surface area contributed by atoms with E-state index in [4.69, 9.17) is 0 Å². The van der Waals surface area contributed by atoms with E-state index in [1.807, 2.05) is 0 Å². The van der Waals surface area contributed by atoms with Gasteiger partial charge in [0, 0.05) is 6.54 Å². The third kappa shape index (κ3) is 2.70. The van der Waals surface area contributed by atoms with Crippen LogP contribution in [0.5, 0.6) is 0 Å². The summed E-state index contributed by atoms with van der Waals surface area (Å²) in [5, 5.41) is 3.38. The van der Waals surface area contributed by atoms with E-state index in [1.54, 1.807) is 0 Å². The molecule has 1 aliphatic heterocycles. The van der Waals surface area contributed by atoms with Gasteiger partial charge in [0.05, 0.1) is 5.54 Å². The number of rotatable bonds is 3. The van der Waals surface area contributed by atoms with Crippen molar-refractivity contribution in [1.29, 1.82) is 0 Å². The molecule has 1 N–H and O–H groups in total. The molecule has 2 heteroatoms. The summed E-state index contributed by atoms with van der Waals surface area (Å²) in [6.45, 7) is 9.04. The van der Waals surface area contributed by atoms with E-state index < -0.39 is 0 Å². The topological polar surface area (TPSA) is 15.3 Å². The molecule has 1 heterocycles. The van der Waals surface area contributed by atoms with Gasteiger partial charge in [-0.05, 0) is 50.0 Å². The smallest absolute Gasteiger partial charge is 0.0583 e. The van der Waals surface area contributed by atoms with Crippen molar-refractivity contribution in [1.82, 2.24) is 10.2 Å². The van der Waals surface area contributed by atoms with Crippen molar-refractivity contribution in [3.05, 3.63) is 35.4 Å². The largest absolute Gasteiger partial charge is 0.318 e. The van der Waals surface area contributed by atoms with Gasteiger partial charge in [-0.15, -0.1) is 0 Å². The van der Waals surface area contributed by atoms with Crippen LogP contribution >= 0.6 is 0 Å². The predicted octanol–water partition coefficient (Wildman–Crippen LogP) is 3.12. The molecular formula is C17H28N2. The second-order valence-electron chi connectivity index (χ2n) is 6.91. The molecule has 0 aromatic heterocycles. The molecule has 0 radical (unpaired) electrons. The van der Waals surface area contributed by atoms with Gasteiger partial charge in [0.15, 0.2) is 0 Å². The first kappa shape index (κ1) is 14.5. The zero-order valence-corrected chi connectivity index (χ0v) is 13.1. The molecule has 0 amide bonds. The minimum absolute atomic E-state index is 0.186. The van der Waals surface area contributed by atoms with Gasteiger partial charge >= 0.3 is 0 Å². The summed E-state index contributed by atoms with van der Waals surface area (Å²) in [6.07, 6.45) is 2.54. The Bertz CT molecular complexity index is 416. The van der Waals surface area contributed by atoms with Gasteiger partial charge in [0.25, 0.3) is 0 Å². The standard InChI is InChI=1S/C17H28N2/c1-16(2,3)14-7-9-15(10-8-14)17(13-18-4)11-6-12-19(17)5/h7-10,18H,6,11-13H2,1-5H3. The first-order valence-corrected chi connectivity index (χ1v) is 7.37. The number of hydrogen-bond acceptors (Lipinski definition) is 2. The average molecular weight is 260 g/mol. The van der Waals surface area contributed by atoms with Crippen molar-refractivity contribution in [2.45, 2.75) is 44.6 Å². The summed E-state index contributed by atoms with van der Waals surface area (Å²) in [5.41, 5.74) is 3.29. The maximum Gasteiger partial charge on any atom is 0.0583 e. The summed E-state index contributed by atoms with van der Waals surface area (Å²) in [4.78, 5) is 2.51. The highest BCUT2D eigenvalue weighted by atomic mass is 15.2. The number of benzene rings is 1. The highest BCUT2D eigenvalue weighted by Crippen LogP contribution is 2.38. The van der Waals surface area contributed by atoms with Crippen molar-refractivity contribution < 1.29 is 0 Å². The van der Waals surface area contributed by atoms with Crippen LogP contribution in [0.15, 0.2) is 24.3 Å². The molecule has 2 nitrogen and oxygen atoms in total. The lowest BCUT2D eigenvalue weighted by atomic mass is 9.82. The summed E-state index contributed by atoms with van der Waals surface area (Å²) < 4.78 is 0. The Balaban J connectivity index is 2.33. The normalized spacial score (nSPS) is 24.9. The highest BCUT2D eigenvalue weighted by Gasteiger charge is 2.39. The SMILES string of the molecule is CNCC1(c2ccc(C(C)(C)C)cc2)CCCN1C. The van der Waals surface area contributed by atoms with E-state index in [-0.39, 0.29) is 11.0 Å². The first-order chi connectivity index (χ1) is 8.90. The van der Waals surface area contributed by atoms with Crippen LogP contribution in [0.1, 0.15) is 44.7 Å². The minimum atomic E-state index is 0.186. The van der Waals surface area contributed by atoms with E-state index in [9.17, 15) is 0 Å². The Labute approximate surface area is 118 Å². The van der Waals surface area contributed by atoms with Crippen LogP contribution in [0.2, 0.25) is 0 Å². The molecule has 0 bridgehead atoms. The molecule has 1 fully saturated rings. The molecule has 106 valence electrons. The monoisotopic (exact) mass is 260 g/mol. The van der Waals surface area contributed by atoms with Crippen molar-refractivity contribution in [2.24, 2.45) is 0 Å². The molecular weight excluding hydrogens is 232 g/mol. The maximum absolute atomic E-state index is 3.38. The van der Waals surface area contributed by atoms with Gasteiger partial charge in [-0.1, -0.05) is 45.0 Å². The second kappa shape index (κ2) is 5.26. The molecule has 1 atom stereocenters. The summed E-state index contributed by atoms with van der Waals surface area (Å²) in [7, 11) is 4.31. The highest BCUT2D eigenvalue weighted by molar-refractivity contribution is 5.33. The zero-order valence-electron chi connectivity index (χ0n) is 13.1. The third-order valence-corrected chi connectivity index (χ3v) is 4.57. The van der Waals surface area contributed by atoms with Crippen molar-refractivity contribution in [3.63, 3.8) is 0 Å². The molecule has 1 aromatic rings. The lowest BCUT2D eigenvalue weighted by Crippen LogP contribution is -2.45. The van der Waals surface area contributed by atoms with Gasteiger partial charge in [-0.3, -0.25) is 4.90 Å². The van der Waals surface area contributed by atoms with Gasteiger partial charge in [0.2, 0.25) is 0 Å². The molecule has 1 aliphatic rings. The number of nitrogens with one attached hydrogen (secondary N) is 1. The van der Waals surface area contributed by atoms with Crippen LogP contribution in [0.3, 0.4) is 0 Å². The third-order valence-electron chi connectivity index (χ3n) is 4.57. The van der Waals surface area contributed by atoms with Crippen LogP contribution in [-0.2, 0) is 11.0 Å². The quantitative estimate of drug-likeness (QED) is 0.898. The van der Waals surface area contributed by atoms with Gasteiger partial charge in [-0.25, -0.2) is 0 Å². The molecule has 0 aliphatic carbocycles. The number of likely N-dealkylation sites (N-methyl/N-ethyl adjacent to an activating group) is 2. The fourth-order valence-corrected chi connectivity index (χ4v) is 3.28. The number of likely N-dealkylation sites (tertiary alicyclic amines) is 1. The lowest BCUT2D eigenvalue weighted by Gasteiger charge is -2.37. The summed E-state index contributed by atoms with van der Waals surface area (Å²) >= 11 is 0. The Kier molecular flexibility index (Phi) is 4.03. The van der Waals surface area contributed by atoms with Crippen LogP contribution in [0.4, 0.5) is 0 Å².